The Kier molecular flexibility index (Phi) is 5.74. The summed E-state index contributed by atoms with van der Waals surface area (Å²) in [6.07, 6.45) is 5.75. The predicted molar refractivity (Wildman–Crippen MR) is 70.2 cm³/mol. The molecule has 0 spiro atoms. The molecule has 1 amide bonds. The molecule has 1 fully saturated rings. The normalized spacial score (nSPS) is 21.9. The molecule has 1 heterocycles. The molecule has 0 aromatic heterocycles. The van der Waals surface area contributed by atoms with Crippen LogP contribution < -0.4 is 5.73 Å². The smallest absolute Gasteiger partial charge is 0.222 e. The van der Waals surface area contributed by atoms with Crippen LogP contribution in [-0.4, -0.2) is 28.9 Å². The molecular weight excluding hydrogens is 220 g/mol. The van der Waals surface area contributed by atoms with Crippen molar-refractivity contribution in [1.29, 1.82) is 0 Å². The molecule has 1 rings (SSSR count). The molecule has 0 saturated carbocycles. The van der Waals surface area contributed by atoms with Gasteiger partial charge in [0.2, 0.25) is 5.91 Å². The molecule has 3 nitrogen and oxygen atoms in total. The summed E-state index contributed by atoms with van der Waals surface area (Å²) in [5.74, 6) is 1.03. The van der Waals surface area contributed by atoms with Gasteiger partial charge in [-0.2, -0.15) is 0 Å². The molecule has 0 aromatic carbocycles. The highest BCUT2D eigenvalue weighted by molar-refractivity contribution is 7.80. The summed E-state index contributed by atoms with van der Waals surface area (Å²) in [6, 6.07) is 0. The van der Waals surface area contributed by atoms with Crippen LogP contribution in [0.15, 0.2) is 0 Å². The third-order valence-electron chi connectivity index (χ3n) is 3.35. The van der Waals surface area contributed by atoms with Gasteiger partial charge in [-0.15, -0.1) is 0 Å². The van der Waals surface area contributed by atoms with E-state index < -0.39 is 0 Å². The van der Waals surface area contributed by atoms with Crippen LogP contribution in [0.3, 0.4) is 0 Å². The molecule has 16 heavy (non-hydrogen) atoms. The first-order valence-corrected chi connectivity index (χ1v) is 6.60. The van der Waals surface area contributed by atoms with Gasteiger partial charge in [0.1, 0.15) is 0 Å². The highest BCUT2D eigenvalue weighted by atomic mass is 32.1. The zero-order valence-electron chi connectivity index (χ0n) is 10.1. The van der Waals surface area contributed by atoms with Gasteiger partial charge < -0.3 is 10.6 Å². The third kappa shape index (κ3) is 4.47. The van der Waals surface area contributed by atoms with Gasteiger partial charge in [0.15, 0.2) is 0 Å². The van der Waals surface area contributed by atoms with Gasteiger partial charge >= 0.3 is 0 Å². The minimum absolute atomic E-state index is 0.305. The van der Waals surface area contributed by atoms with Crippen molar-refractivity contribution in [2.45, 2.75) is 45.4 Å². The van der Waals surface area contributed by atoms with Gasteiger partial charge in [-0.3, -0.25) is 4.79 Å². The number of hydrogen-bond acceptors (Lipinski definition) is 2. The largest absolute Gasteiger partial charge is 0.393 e. The van der Waals surface area contributed by atoms with Crippen LogP contribution in [0, 0.1) is 5.92 Å². The molecule has 0 bridgehead atoms. The molecule has 0 aromatic rings. The van der Waals surface area contributed by atoms with Crippen molar-refractivity contribution in [3.63, 3.8) is 0 Å². The molecule has 1 aliphatic heterocycles. The van der Waals surface area contributed by atoms with E-state index in [1.807, 2.05) is 4.90 Å². The van der Waals surface area contributed by atoms with E-state index in [2.05, 4.69) is 6.92 Å². The van der Waals surface area contributed by atoms with Crippen molar-refractivity contribution in [3.8, 4) is 0 Å². The Labute approximate surface area is 103 Å². The van der Waals surface area contributed by atoms with Crippen molar-refractivity contribution in [1.82, 2.24) is 4.90 Å². The Morgan fingerprint density at radius 3 is 2.94 bits per heavy atom. The quantitative estimate of drug-likeness (QED) is 0.751. The van der Waals surface area contributed by atoms with Crippen molar-refractivity contribution < 1.29 is 4.79 Å². The van der Waals surface area contributed by atoms with Gasteiger partial charge in [-0.1, -0.05) is 25.6 Å². The first-order valence-electron chi connectivity index (χ1n) is 6.19. The van der Waals surface area contributed by atoms with Crippen LogP contribution in [0.4, 0.5) is 0 Å². The molecule has 1 aliphatic rings. The fourth-order valence-electron chi connectivity index (χ4n) is 2.18. The molecule has 1 saturated heterocycles. The van der Waals surface area contributed by atoms with Crippen LogP contribution in [-0.2, 0) is 4.79 Å². The second kappa shape index (κ2) is 6.84. The number of hydrogen-bond donors (Lipinski definition) is 1. The zero-order valence-corrected chi connectivity index (χ0v) is 10.9. The summed E-state index contributed by atoms with van der Waals surface area (Å²) < 4.78 is 0. The van der Waals surface area contributed by atoms with E-state index in [-0.39, 0.29) is 0 Å². The Morgan fingerprint density at radius 2 is 2.31 bits per heavy atom. The van der Waals surface area contributed by atoms with Gasteiger partial charge in [-0.25, -0.2) is 0 Å². The molecule has 92 valence electrons. The SMILES string of the molecule is CCC1CCC(=O)N(CCCC(N)=S)CC1. The summed E-state index contributed by atoms with van der Waals surface area (Å²) >= 11 is 4.83. The van der Waals surface area contributed by atoms with E-state index in [1.165, 1.54) is 6.42 Å². The monoisotopic (exact) mass is 242 g/mol. The number of rotatable bonds is 5. The number of carbonyl (C=O) groups is 1. The molecular formula is C12H22N2OS. The molecule has 2 N–H and O–H groups in total. The van der Waals surface area contributed by atoms with E-state index in [0.717, 1.165) is 44.7 Å². The minimum atomic E-state index is 0.305. The molecule has 0 radical (unpaired) electrons. The van der Waals surface area contributed by atoms with E-state index in [0.29, 0.717) is 17.3 Å². The van der Waals surface area contributed by atoms with Crippen LogP contribution in [0.5, 0.6) is 0 Å². The summed E-state index contributed by atoms with van der Waals surface area (Å²) in [6.45, 7) is 3.93. The fourth-order valence-corrected chi connectivity index (χ4v) is 2.33. The van der Waals surface area contributed by atoms with Gasteiger partial charge in [0.05, 0.1) is 4.99 Å². The van der Waals surface area contributed by atoms with Crippen LogP contribution in [0.1, 0.15) is 45.4 Å². The fraction of sp³-hybridized carbons (Fsp3) is 0.833. The second-order valence-electron chi connectivity index (χ2n) is 4.55. The van der Waals surface area contributed by atoms with Crippen LogP contribution in [0.25, 0.3) is 0 Å². The lowest BCUT2D eigenvalue weighted by molar-refractivity contribution is -0.130. The molecule has 0 aliphatic carbocycles. The Balaban J connectivity index is 2.34. The van der Waals surface area contributed by atoms with Crippen LogP contribution >= 0.6 is 12.2 Å². The number of thiocarbonyl (C=S) groups is 1. The Morgan fingerprint density at radius 1 is 1.56 bits per heavy atom. The molecule has 4 heteroatoms. The average molecular weight is 242 g/mol. The Hall–Kier alpha value is -0.640. The summed E-state index contributed by atoms with van der Waals surface area (Å²) in [4.78, 5) is 14.3. The number of nitrogens with two attached hydrogens (primary N) is 1. The van der Waals surface area contributed by atoms with Crippen molar-refractivity contribution in [2.75, 3.05) is 13.1 Å². The maximum absolute atomic E-state index is 11.8. The lowest BCUT2D eigenvalue weighted by atomic mass is 9.98. The summed E-state index contributed by atoms with van der Waals surface area (Å²) in [5, 5.41) is 0. The minimum Gasteiger partial charge on any atom is -0.393 e. The lowest BCUT2D eigenvalue weighted by Crippen LogP contribution is -2.31. The first kappa shape index (κ1) is 13.4. The highest BCUT2D eigenvalue weighted by Crippen LogP contribution is 2.21. The summed E-state index contributed by atoms with van der Waals surface area (Å²) in [7, 11) is 0. The van der Waals surface area contributed by atoms with Crippen molar-refractivity contribution in [3.05, 3.63) is 0 Å². The van der Waals surface area contributed by atoms with E-state index in [4.69, 9.17) is 18.0 Å². The maximum Gasteiger partial charge on any atom is 0.222 e. The van der Waals surface area contributed by atoms with E-state index >= 15 is 0 Å². The number of carbonyl (C=O) groups excluding carboxylic acids is 1. The lowest BCUT2D eigenvalue weighted by Gasteiger charge is -2.20. The number of likely N-dealkylation sites (tertiary alicyclic amines) is 1. The number of amides is 1. The van der Waals surface area contributed by atoms with E-state index in [9.17, 15) is 4.79 Å². The second-order valence-corrected chi connectivity index (χ2v) is 5.08. The van der Waals surface area contributed by atoms with Gasteiger partial charge in [0, 0.05) is 19.5 Å². The Bertz CT molecular complexity index is 255. The first-order chi connectivity index (χ1) is 7.63. The highest BCUT2D eigenvalue weighted by Gasteiger charge is 2.20. The predicted octanol–water partition coefficient (Wildman–Crippen LogP) is 2.09. The third-order valence-corrected chi connectivity index (χ3v) is 3.56. The van der Waals surface area contributed by atoms with Crippen LogP contribution in [0.2, 0.25) is 0 Å². The van der Waals surface area contributed by atoms with E-state index in [1.54, 1.807) is 0 Å². The summed E-state index contributed by atoms with van der Waals surface area (Å²) in [5.41, 5.74) is 5.45. The maximum atomic E-state index is 11.8. The van der Waals surface area contributed by atoms with Crippen molar-refractivity contribution in [2.24, 2.45) is 11.7 Å². The van der Waals surface area contributed by atoms with Crippen molar-refractivity contribution >= 4 is 23.1 Å². The molecule has 1 unspecified atom stereocenters. The van der Waals surface area contributed by atoms with Gasteiger partial charge in [0.25, 0.3) is 0 Å². The zero-order chi connectivity index (χ0) is 12.0. The average Bonchev–Trinajstić information content (AvgIpc) is 2.41. The number of nitrogens with zero attached hydrogens (tertiary/aromatic N) is 1. The topological polar surface area (TPSA) is 46.3 Å². The standard InChI is InChI=1S/C12H22N2OS/c1-2-10-5-6-12(15)14(9-7-10)8-3-4-11(13)16/h10H,2-9H2,1H3,(H2,13,16). The molecule has 1 atom stereocenters. The van der Waals surface area contributed by atoms with Gasteiger partial charge in [-0.05, 0) is 31.6 Å².